The van der Waals surface area contributed by atoms with Crippen molar-refractivity contribution in [3.63, 3.8) is 0 Å². The van der Waals surface area contributed by atoms with E-state index in [-0.39, 0.29) is 24.3 Å². The fourth-order valence-corrected chi connectivity index (χ4v) is 2.86. The van der Waals surface area contributed by atoms with Crippen molar-refractivity contribution in [3.05, 3.63) is 29.3 Å². The van der Waals surface area contributed by atoms with Crippen molar-refractivity contribution in [2.24, 2.45) is 0 Å². The van der Waals surface area contributed by atoms with E-state index in [4.69, 9.17) is 0 Å². The van der Waals surface area contributed by atoms with Gasteiger partial charge in [0.05, 0.1) is 6.61 Å². The van der Waals surface area contributed by atoms with Gasteiger partial charge in [-0.1, -0.05) is 6.92 Å². The Morgan fingerprint density at radius 1 is 1.24 bits per heavy atom. The van der Waals surface area contributed by atoms with E-state index in [1.54, 1.807) is 12.1 Å². The average molecular weight is 292 g/mol. The summed E-state index contributed by atoms with van der Waals surface area (Å²) in [5.41, 5.74) is 1.42. The van der Waals surface area contributed by atoms with Gasteiger partial charge in [-0.15, -0.1) is 0 Å². The Morgan fingerprint density at radius 3 is 2.43 bits per heavy atom. The number of phenols is 1. The number of aromatic hydroxyl groups is 1. The van der Waals surface area contributed by atoms with Crippen LogP contribution in [-0.4, -0.2) is 64.7 Å². The van der Waals surface area contributed by atoms with E-state index in [1.165, 1.54) is 6.07 Å². The normalized spacial score (nSPS) is 17.8. The predicted molar refractivity (Wildman–Crippen MR) is 81.5 cm³/mol. The summed E-state index contributed by atoms with van der Waals surface area (Å²) < 4.78 is 0. The standard InChI is InChI=1S/C16H24N2O3/c1-3-14(11-19)17-4-6-18(7-5-17)16(21)13-8-12(2)9-15(20)10-13/h8-10,14,19-20H,3-7,11H2,1-2H3. The first kappa shape index (κ1) is 15.8. The van der Waals surface area contributed by atoms with Gasteiger partial charge in [0.1, 0.15) is 5.75 Å². The van der Waals surface area contributed by atoms with Crippen molar-refractivity contribution in [2.45, 2.75) is 26.3 Å². The number of piperazine rings is 1. The number of aliphatic hydroxyl groups is 1. The van der Waals surface area contributed by atoms with Crippen LogP contribution >= 0.6 is 0 Å². The second-order valence-electron chi connectivity index (χ2n) is 5.63. The first-order chi connectivity index (χ1) is 10.0. The molecule has 2 N–H and O–H groups in total. The Kier molecular flexibility index (Phi) is 5.20. The van der Waals surface area contributed by atoms with Crippen LogP contribution in [0.25, 0.3) is 0 Å². The number of phenolic OH excluding ortho intramolecular Hbond substituents is 1. The van der Waals surface area contributed by atoms with Crippen molar-refractivity contribution >= 4 is 5.91 Å². The first-order valence-corrected chi connectivity index (χ1v) is 7.50. The Hall–Kier alpha value is -1.59. The summed E-state index contributed by atoms with van der Waals surface area (Å²) in [6.07, 6.45) is 0.913. The number of carbonyl (C=O) groups excluding carboxylic acids is 1. The highest BCUT2D eigenvalue weighted by Crippen LogP contribution is 2.18. The molecule has 1 unspecified atom stereocenters. The molecule has 21 heavy (non-hydrogen) atoms. The third-order valence-corrected chi connectivity index (χ3v) is 4.11. The SMILES string of the molecule is CCC(CO)N1CCN(C(=O)c2cc(C)cc(O)c2)CC1. The number of nitrogens with zero attached hydrogens (tertiary/aromatic N) is 2. The second kappa shape index (κ2) is 6.91. The molecule has 5 nitrogen and oxygen atoms in total. The zero-order valence-electron chi connectivity index (χ0n) is 12.7. The van der Waals surface area contributed by atoms with E-state index in [0.29, 0.717) is 18.7 Å². The average Bonchev–Trinajstić information content (AvgIpc) is 2.47. The van der Waals surface area contributed by atoms with Gasteiger partial charge in [-0.25, -0.2) is 0 Å². The lowest BCUT2D eigenvalue weighted by Gasteiger charge is -2.38. The molecular weight excluding hydrogens is 268 g/mol. The van der Waals surface area contributed by atoms with Crippen molar-refractivity contribution < 1.29 is 15.0 Å². The monoisotopic (exact) mass is 292 g/mol. The predicted octanol–water partition coefficient (Wildman–Crippen LogP) is 1.23. The summed E-state index contributed by atoms with van der Waals surface area (Å²) in [5.74, 6) is 0.0917. The Morgan fingerprint density at radius 2 is 1.90 bits per heavy atom. The molecule has 0 aliphatic carbocycles. The quantitative estimate of drug-likeness (QED) is 0.876. The van der Waals surface area contributed by atoms with Gasteiger partial charge in [-0.05, 0) is 37.1 Å². The minimum Gasteiger partial charge on any atom is -0.508 e. The highest BCUT2D eigenvalue weighted by molar-refractivity contribution is 5.94. The number of aliphatic hydroxyl groups excluding tert-OH is 1. The van der Waals surface area contributed by atoms with Gasteiger partial charge in [0.2, 0.25) is 0 Å². The molecule has 0 spiro atoms. The largest absolute Gasteiger partial charge is 0.508 e. The van der Waals surface area contributed by atoms with Crippen LogP contribution < -0.4 is 0 Å². The summed E-state index contributed by atoms with van der Waals surface area (Å²) in [6.45, 7) is 6.96. The maximum absolute atomic E-state index is 12.5. The molecule has 0 saturated carbocycles. The molecule has 0 radical (unpaired) electrons. The molecule has 0 aromatic heterocycles. The fourth-order valence-electron chi connectivity index (χ4n) is 2.86. The van der Waals surface area contributed by atoms with Gasteiger partial charge < -0.3 is 15.1 Å². The summed E-state index contributed by atoms with van der Waals surface area (Å²) >= 11 is 0. The minimum absolute atomic E-state index is 0.0364. The van der Waals surface area contributed by atoms with Crippen molar-refractivity contribution in [2.75, 3.05) is 32.8 Å². The van der Waals surface area contributed by atoms with Crippen LogP contribution in [0.15, 0.2) is 18.2 Å². The van der Waals surface area contributed by atoms with E-state index in [0.717, 1.165) is 25.1 Å². The van der Waals surface area contributed by atoms with Crippen molar-refractivity contribution in [1.29, 1.82) is 0 Å². The van der Waals surface area contributed by atoms with Crippen LogP contribution in [0.2, 0.25) is 0 Å². The molecule has 1 aromatic carbocycles. The molecule has 116 valence electrons. The lowest BCUT2D eigenvalue weighted by atomic mass is 10.1. The third kappa shape index (κ3) is 3.74. The molecule has 1 saturated heterocycles. The number of rotatable bonds is 4. The van der Waals surface area contributed by atoms with E-state index >= 15 is 0 Å². The summed E-state index contributed by atoms with van der Waals surface area (Å²) in [4.78, 5) is 16.5. The topological polar surface area (TPSA) is 64.0 Å². The number of carbonyl (C=O) groups is 1. The van der Waals surface area contributed by atoms with Gasteiger partial charge in [0.25, 0.3) is 5.91 Å². The molecule has 1 aliphatic heterocycles. The highest BCUT2D eigenvalue weighted by atomic mass is 16.3. The summed E-state index contributed by atoms with van der Waals surface area (Å²) in [5, 5.41) is 19.0. The van der Waals surface area contributed by atoms with Crippen LogP contribution in [0.4, 0.5) is 0 Å². The second-order valence-corrected chi connectivity index (χ2v) is 5.63. The number of amides is 1. The molecule has 2 rings (SSSR count). The zero-order chi connectivity index (χ0) is 15.4. The minimum atomic E-state index is -0.0364. The maximum Gasteiger partial charge on any atom is 0.254 e. The van der Waals surface area contributed by atoms with Crippen LogP contribution in [-0.2, 0) is 0 Å². The first-order valence-electron chi connectivity index (χ1n) is 7.50. The molecule has 1 fully saturated rings. The lowest BCUT2D eigenvalue weighted by molar-refractivity contribution is 0.0472. The van der Waals surface area contributed by atoms with Crippen LogP contribution in [0, 0.1) is 6.92 Å². The van der Waals surface area contributed by atoms with Gasteiger partial charge in [0, 0.05) is 37.8 Å². The van der Waals surface area contributed by atoms with Gasteiger partial charge in [0.15, 0.2) is 0 Å². The van der Waals surface area contributed by atoms with E-state index in [9.17, 15) is 15.0 Å². The smallest absolute Gasteiger partial charge is 0.254 e. The van der Waals surface area contributed by atoms with Gasteiger partial charge >= 0.3 is 0 Å². The molecule has 5 heteroatoms. The van der Waals surface area contributed by atoms with Crippen molar-refractivity contribution in [1.82, 2.24) is 9.80 Å². The van der Waals surface area contributed by atoms with E-state index in [2.05, 4.69) is 11.8 Å². The summed E-state index contributed by atoms with van der Waals surface area (Å²) in [6, 6.07) is 5.15. The number of hydrogen-bond acceptors (Lipinski definition) is 4. The Bertz CT molecular complexity index is 472. The van der Waals surface area contributed by atoms with Crippen molar-refractivity contribution in [3.8, 4) is 5.75 Å². The molecule has 1 amide bonds. The molecule has 1 heterocycles. The number of aryl methyl sites for hydroxylation is 1. The van der Waals surface area contributed by atoms with Gasteiger partial charge in [-0.3, -0.25) is 9.69 Å². The van der Waals surface area contributed by atoms with Gasteiger partial charge in [-0.2, -0.15) is 0 Å². The third-order valence-electron chi connectivity index (χ3n) is 4.11. The van der Waals surface area contributed by atoms with Crippen LogP contribution in [0.5, 0.6) is 5.75 Å². The maximum atomic E-state index is 12.5. The van der Waals surface area contributed by atoms with E-state index < -0.39 is 0 Å². The fraction of sp³-hybridized carbons (Fsp3) is 0.562. The lowest BCUT2D eigenvalue weighted by Crippen LogP contribution is -2.52. The summed E-state index contributed by atoms with van der Waals surface area (Å²) in [7, 11) is 0. The molecule has 1 atom stereocenters. The molecule has 1 aliphatic rings. The van der Waals surface area contributed by atoms with Crippen LogP contribution in [0.1, 0.15) is 29.3 Å². The molecule has 0 bridgehead atoms. The number of benzene rings is 1. The molecule has 1 aromatic rings. The van der Waals surface area contributed by atoms with Crippen LogP contribution in [0.3, 0.4) is 0 Å². The zero-order valence-corrected chi connectivity index (χ0v) is 12.7. The Labute approximate surface area is 125 Å². The molecular formula is C16H24N2O3. The number of hydrogen-bond donors (Lipinski definition) is 2. The van der Waals surface area contributed by atoms with E-state index in [1.807, 2.05) is 11.8 Å². The Balaban J connectivity index is 2.00. The highest BCUT2D eigenvalue weighted by Gasteiger charge is 2.25.